The number of fused-ring (bicyclic) bond motifs is 1. The maximum absolute atomic E-state index is 12.4. The van der Waals surface area contributed by atoms with Crippen LogP contribution in [0.3, 0.4) is 0 Å². The van der Waals surface area contributed by atoms with Crippen molar-refractivity contribution < 1.29 is 23.9 Å². The van der Waals surface area contributed by atoms with Crippen molar-refractivity contribution in [3.63, 3.8) is 0 Å². The third-order valence-corrected chi connectivity index (χ3v) is 4.87. The van der Waals surface area contributed by atoms with Crippen LogP contribution in [-0.4, -0.2) is 38.0 Å². The highest BCUT2D eigenvalue weighted by atomic mass is 79.9. The van der Waals surface area contributed by atoms with Gasteiger partial charge in [0.05, 0.1) is 13.0 Å². The van der Waals surface area contributed by atoms with Crippen molar-refractivity contribution in [2.45, 2.75) is 6.42 Å². The van der Waals surface area contributed by atoms with Crippen LogP contribution >= 0.6 is 15.9 Å². The average molecular weight is 447 g/mol. The van der Waals surface area contributed by atoms with Crippen LogP contribution in [0, 0.1) is 5.92 Å². The monoisotopic (exact) mass is 446 g/mol. The number of hydrogen-bond acceptors (Lipinski definition) is 5. The molecule has 0 unspecified atom stereocenters. The van der Waals surface area contributed by atoms with Crippen molar-refractivity contribution in [1.82, 2.24) is 5.32 Å². The Morgan fingerprint density at radius 1 is 1.18 bits per heavy atom. The van der Waals surface area contributed by atoms with Gasteiger partial charge in [0.25, 0.3) is 5.91 Å². The summed E-state index contributed by atoms with van der Waals surface area (Å²) < 4.78 is 11.1. The smallest absolute Gasteiger partial charge is 0.325 e. The van der Waals surface area contributed by atoms with Crippen LogP contribution in [0.15, 0.2) is 46.9 Å². The summed E-state index contributed by atoms with van der Waals surface area (Å²) in [5, 5.41) is 5.39. The number of carbonyl (C=O) groups excluding carboxylic acids is 3. The molecule has 1 aliphatic heterocycles. The molecule has 0 aromatic heterocycles. The molecular weight excluding hydrogens is 428 g/mol. The summed E-state index contributed by atoms with van der Waals surface area (Å²) in [4.78, 5) is 35.8. The van der Waals surface area contributed by atoms with Gasteiger partial charge >= 0.3 is 5.97 Å². The molecular formula is C20H19BrN2O5. The van der Waals surface area contributed by atoms with Gasteiger partial charge in [-0.2, -0.15) is 0 Å². The molecule has 3 rings (SSSR count). The number of carbonyl (C=O) groups is 3. The first-order valence-electron chi connectivity index (χ1n) is 8.63. The molecule has 1 aliphatic rings. The van der Waals surface area contributed by atoms with Crippen molar-refractivity contribution in [2.75, 3.05) is 25.6 Å². The maximum Gasteiger partial charge on any atom is 0.325 e. The number of benzene rings is 2. The predicted molar refractivity (Wildman–Crippen MR) is 106 cm³/mol. The molecule has 8 heteroatoms. The number of esters is 1. The first-order chi connectivity index (χ1) is 13.5. The SMILES string of the molecule is COC(=O)CNC(=O)[C@H]1COc2ccc(NC(=O)c3ccc(Br)cc3)cc2C1. The van der Waals surface area contributed by atoms with Gasteiger partial charge in [0.15, 0.2) is 0 Å². The molecule has 0 saturated carbocycles. The molecule has 146 valence electrons. The second kappa shape index (κ2) is 8.88. The van der Waals surface area contributed by atoms with Crippen LogP contribution in [0.25, 0.3) is 0 Å². The summed E-state index contributed by atoms with van der Waals surface area (Å²) in [5.41, 5.74) is 1.97. The Kier molecular flexibility index (Phi) is 6.30. The molecule has 7 nitrogen and oxygen atoms in total. The van der Waals surface area contributed by atoms with Crippen LogP contribution in [0.4, 0.5) is 5.69 Å². The summed E-state index contributed by atoms with van der Waals surface area (Å²) in [6.07, 6.45) is 0.449. The number of halogens is 1. The fourth-order valence-corrected chi connectivity index (χ4v) is 3.09. The Hall–Kier alpha value is -2.87. The molecule has 0 saturated heterocycles. The zero-order valence-corrected chi connectivity index (χ0v) is 16.7. The first kappa shape index (κ1) is 19.9. The van der Waals surface area contributed by atoms with Crippen LogP contribution in [0.5, 0.6) is 5.75 Å². The molecule has 1 heterocycles. The molecule has 28 heavy (non-hydrogen) atoms. The van der Waals surface area contributed by atoms with Gasteiger partial charge in [-0.05, 0) is 54.4 Å². The van der Waals surface area contributed by atoms with E-state index in [2.05, 4.69) is 31.3 Å². The number of rotatable bonds is 5. The maximum atomic E-state index is 12.4. The van der Waals surface area contributed by atoms with Gasteiger partial charge in [0.1, 0.15) is 18.9 Å². The zero-order chi connectivity index (χ0) is 20.1. The number of anilines is 1. The van der Waals surface area contributed by atoms with E-state index in [4.69, 9.17) is 4.74 Å². The van der Waals surface area contributed by atoms with E-state index in [1.54, 1.807) is 42.5 Å². The molecule has 0 bridgehead atoms. The van der Waals surface area contributed by atoms with Gasteiger partial charge in [-0.1, -0.05) is 15.9 Å². The molecule has 2 N–H and O–H groups in total. The average Bonchev–Trinajstić information content (AvgIpc) is 2.71. The van der Waals surface area contributed by atoms with Gasteiger partial charge in [-0.15, -0.1) is 0 Å². The van der Waals surface area contributed by atoms with Crippen molar-refractivity contribution in [3.8, 4) is 5.75 Å². The Morgan fingerprint density at radius 3 is 2.64 bits per heavy atom. The lowest BCUT2D eigenvalue weighted by molar-refractivity contribution is -0.141. The zero-order valence-electron chi connectivity index (χ0n) is 15.2. The number of amides is 2. The van der Waals surface area contributed by atoms with E-state index in [9.17, 15) is 14.4 Å². The van der Waals surface area contributed by atoms with Gasteiger partial charge in [0.2, 0.25) is 5.91 Å². The quantitative estimate of drug-likeness (QED) is 0.688. The van der Waals surface area contributed by atoms with E-state index < -0.39 is 11.9 Å². The van der Waals surface area contributed by atoms with Crippen molar-refractivity contribution in [1.29, 1.82) is 0 Å². The van der Waals surface area contributed by atoms with E-state index in [0.29, 0.717) is 23.4 Å². The lowest BCUT2D eigenvalue weighted by Gasteiger charge is -2.25. The predicted octanol–water partition coefficient (Wildman–Crippen LogP) is 2.54. The largest absolute Gasteiger partial charge is 0.492 e. The van der Waals surface area contributed by atoms with Crippen molar-refractivity contribution >= 4 is 39.4 Å². The molecule has 0 fully saturated rings. The minimum Gasteiger partial charge on any atom is -0.492 e. The van der Waals surface area contributed by atoms with Crippen molar-refractivity contribution in [2.24, 2.45) is 5.92 Å². The highest BCUT2D eigenvalue weighted by Gasteiger charge is 2.26. The van der Waals surface area contributed by atoms with Crippen LogP contribution < -0.4 is 15.4 Å². The fourth-order valence-electron chi connectivity index (χ4n) is 2.82. The lowest BCUT2D eigenvalue weighted by Crippen LogP contribution is -2.39. The molecule has 2 aromatic carbocycles. The molecule has 2 amide bonds. The third-order valence-electron chi connectivity index (χ3n) is 4.34. The van der Waals surface area contributed by atoms with Gasteiger partial charge in [0, 0.05) is 15.7 Å². The van der Waals surface area contributed by atoms with Crippen molar-refractivity contribution in [3.05, 3.63) is 58.1 Å². The number of hydrogen-bond donors (Lipinski definition) is 2. The van der Waals surface area contributed by atoms with Gasteiger partial charge < -0.3 is 20.1 Å². The minimum atomic E-state index is -0.511. The Morgan fingerprint density at radius 2 is 1.93 bits per heavy atom. The van der Waals surface area contributed by atoms with Gasteiger partial charge in [-0.25, -0.2) is 0 Å². The summed E-state index contributed by atoms with van der Waals surface area (Å²) in [5.74, 6) is -0.756. The summed E-state index contributed by atoms with van der Waals surface area (Å²) in [6, 6.07) is 12.4. The fraction of sp³-hybridized carbons (Fsp3) is 0.250. The van der Waals surface area contributed by atoms with Crippen LogP contribution in [0.2, 0.25) is 0 Å². The minimum absolute atomic E-state index is 0.179. The van der Waals surface area contributed by atoms with Gasteiger partial charge in [-0.3, -0.25) is 14.4 Å². The number of nitrogens with one attached hydrogen (secondary N) is 2. The second-order valence-corrected chi connectivity index (χ2v) is 7.21. The topological polar surface area (TPSA) is 93.7 Å². The van der Waals surface area contributed by atoms with Crippen LogP contribution in [-0.2, 0) is 20.7 Å². The molecule has 0 spiro atoms. The number of ether oxygens (including phenoxy) is 2. The standard InChI is InChI=1S/C20H19BrN2O5/c1-27-18(24)10-22-19(25)14-8-13-9-16(6-7-17(13)28-11-14)23-20(26)12-2-4-15(21)5-3-12/h2-7,9,14H,8,10-11H2,1H3,(H,22,25)(H,23,26)/t14-/m1/s1. The first-order valence-corrected chi connectivity index (χ1v) is 9.42. The van der Waals surface area contributed by atoms with E-state index in [0.717, 1.165) is 10.0 Å². The Balaban J connectivity index is 1.65. The third kappa shape index (κ3) is 4.89. The molecule has 1 atom stereocenters. The summed E-state index contributed by atoms with van der Waals surface area (Å²) in [6.45, 7) is 0.0482. The second-order valence-electron chi connectivity index (χ2n) is 6.29. The van der Waals surface area contributed by atoms with E-state index in [-0.39, 0.29) is 25.0 Å². The Bertz CT molecular complexity index is 898. The van der Waals surface area contributed by atoms with E-state index in [1.165, 1.54) is 7.11 Å². The van der Waals surface area contributed by atoms with E-state index >= 15 is 0 Å². The molecule has 0 aliphatic carbocycles. The highest BCUT2D eigenvalue weighted by Crippen LogP contribution is 2.30. The molecule has 0 radical (unpaired) electrons. The highest BCUT2D eigenvalue weighted by molar-refractivity contribution is 9.10. The Labute approximate surface area is 170 Å². The summed E-state index contributed by atoms with van der Waals surface area (Å²) >= 11 is 3.34. The van der Waals surface area contributed by atoms with E-state index in [1.807, 2.05) is 0 Å². The normalized spacial score (nSPS) is 15.0. The summed E-state index contributed by atoms with van der Waals surface area (Å²) in [7, 11) is 1.26. The molecule has 2 aromatic rings. The number of methoxy groups -OCH3 is 1. The van der Waals surface area contributed by atoms with Crippen LogP contribution in [0.1, 0.15) is 15.9 Å². The lowest BCUT2D eigenvalue weighted by atomic mass is 9.95.